The van der Waals surface area contributed by atoms with Crippen molar-refractivity contribution in [1.29, 1.82) is 0 Å². The van der Waals surface area contributed by atoms with E-state index >= 15 is 0 Å². The summed E-state index contributed by atoms with van der Waals surface area (Å²) in [6, 6.07) is 0. The maximum atomic E-state index is 11.6. The van der Waals surface area contributed by atoms with Crippen LogP contribution in [0.1, 0.15) is 37.2 Å². The van der Waals surface area contributed by atoms with Gasteiger partial charge in [0.05, 0.1) is 12.2 Å². The van der Waals surface area contributed by atoms with Gasteiger partial charge in [0.25, 0.3) is 0 Å². The van der Waals surface area contributed by atoms with Gasteiger partial charge in [0, 0.05) is 21.9 Å². The van der Waals surface area contributed by atoms with Crippen LogP contribution in [-0.4, -0.2) is 9.55 Å². The Labute approximate surface area is 109 Å². The zero-order valence-electron chi connectivity index (χ0n) is 10.5. The van der Waals surface area contributed by atoms with Crippen LogP contribution in [0.15, 0.2) is 15.6 Å². The molecule has 0 atom stereocenters. The molecule has 3 nitrogen and oxygen atoms in total. The monoisotopic (exact) mass is 268 g/mol. The van der Waals surface area contributed by atoms with Gasteiger partial charge in [0.15, 0.2) is 0 Å². The molecule has 92 valence electrons. The number of hydrogen-bond donors (Lipinski definition) is 0. The number of nitrogens with zero attached hydrogens (tertiary/aromatic N) is 2. The minimum absolute atomic E-state index is 0.0728. The Bertz CT molecular complexity index is 572. The van der Waals surface area contributed by atoms with Gasteiger partial charge < -0.3 is 0 Å². The molecule has 0 radical (unpaired) electrons. The van der Waals surface area contributed by atoms with Crippen molar-refractivity contribution in [3.63, 3.8) is 0 Å². The van der Waals surface area contributed by atoms with Crippen molar-refractivity contribution in [2.24, 2.45) is 0 Å². The Morgan fingerprint density at radius 2 is 2.00 bits per heavy atom. The van der Waals surface area contributed by atoms with Crippen molar-refractivity contribution in [3.8, 4) is 0 Å². The lowest BCUT2D eigenvalue weighted by Crippen LogP contribution is -2.16. The molecule has 0 saturated carbocycles. The van der Waals surface area contributed by atoms with Crippen LogP contribution in [0.5, 0.6) is 0 Å². The maximum Gasteiger partial charge on any atom is 0.307 e. The maximum absolute atomic E-state index is 11.6. The quantitative estimate of drug-likeness (QED) is 0.839. The molecule has 0 aromatic carbocycles. The summed E-state index contributed by atoms with van der Waals surface area (Å²) >= 11 is 2.87. The van der Waals surface area contributed by atoms with Gasteiger partial charge in [-0.1, -0.05) is 32.1 Å². The SMILES string of the molecule is Cc1csc(=O)n1Cc1nc(C(C)(C)C)cs1. The molecule has 2 aromatic heterocycles. The van der Waals surface area contributed by atoms with Crippen LogP contribution in [0.2, 0.25) is 0 Å². The smallest absolute Gasteiger partial charge is 0.296 e. The molecule has 5 heteroatoms. The molecule has 2 rings (SSSR count). The number of aryl methyl sites for hydroxylation is 1. The summed E-state index contributed by atoms with van der Waals surface area (Å²) in [6.45, 7) is 8.99. The molecule has 0 saturated heterocycles. The van der Waals surface area contributed by atoms with Crippen molar-refractivity contribution < 1.29 is 0 Å². The Balaban J connectivity index is 2.26. The van der Waals surface area contributed by atoms with Crippen LogP contribution in [0.25, 0.3) is 0 Å². The zero-order valence-corrected chi connectivity index (χ0v) is 12.1. The van der Waals surface area contributed by atoms with Crippen molar-refractivity contribution >= 4 is 22.7 Å². The summed E-state index contributed by atoms with van der Waals surface area (Å²) in [5.41, 5.74) is 2.18. The molecular formula is C12H16N2OS2. The van der Waals surface area contributed by atoms with E-state index in [4.69, 9.17) is 0 Å². The molecular weight excluding hydrogens is 252 g/mol. The van der Waals surface area contributed by atoms with E-state index in [0.717, 1.165) is 16.4 Å². The second kappa shape index (κ2) is 4.38. The van der Waals surface area contributed by atoms with Gasteiger partial charge in [-0.15, -0.1) is 11.3 Å². The largest absolute Gasteiger partial charge is 0.307 e. The minimum atomic E-state index is 0.0728. The van der Waals surface area contributed by atoms with Gasteiger partial charge in [-0.3, -0.25) is 9.36 Å². The van der Waals surface area contributed by atoms with Gasteiger partial charge in [-0.25, -0.2) is 4.98 Å². The van der Waals surface area contributed by atoms with Gasteiger partial charge in [0.1, 0.15) is 5.01 Å². The van der Waals surface area contributed by atoms with Crippen molar-refractivity contribution in [2.45, 2.75) is 39.7 Å². The van der Waals surface area contributed by atoms with Gasteiger partial charge in [-0.2, -0.15) is 0 Å². The first-order valence-electron chi connectivity index (χ1n) is 5.48. The fourth-order valence-electron chi connectivity index (χ4n) is 1.46. The average Bonchev–Trinajstić information content (AvgIpc) is 2.79. The molecule has 0 fully saturated rings. The lowest BCUT2D eigenvalue weighted by atomic mass is 9.93. The van der Waals surface area contributed by atoms with Crippen LogP contribution in [0.4, 0.5) is 0 Å². The normalized spacial score (nSPS) is 12.0. The lowest BCUT2D eigenvalue weighted by Gasteiger charge is -2.14. The minimum Gasteiger partial charge on any atom is -0.296 e. The predicted molar refractivity (Wildman–Crippen MR) is 73.2 cm³/mol. The molecule has 0 unspecified atom stereocenters. The number of rotatable bonds is 2. The van der Waals surface area contributed by atoms with Crippen LogP contribution in [0.3, 0.4) is 0 Å². The summed E-state index contributed by atoms with van der Waals surface area (Å²) in [4.78, 5) is 16.3. The highest BCUT2D eigenvalue weighted by Gasteiger charge is 2.17. The van der Waals surface area contributed by atoms with E-state index in [1.165, 1.54) is 11.3 Å². The third kappa shape index (κ3) is 2.66. The second-order valence-electron chi connectivity index (χ2n) is 5.11. The van der Waals surface area contributed by atoms with E-state index in [-0.39, 0.29) is 10.3 Å². The Morgan fingerprint density at radius 1 is 1.29 bits per heavy atom. The highest BCUT2D eigenvalue weighted by Crippen LogP contribution is 2.24. The highest BCUT2D eigenvalue weighted by atomic mass is 32.1. The first kappa shape index (κ1) is 12.5. The molecule has 0 aliphatic rings. The summed E-state index contributed by atoms with van der Waals surface area (Å²) in [5.74, 6) is 0. The van der Waals surface area contributed by atoms with Crippen LogP contribution < -0.4 is 4.87 Å². The van der Waals surface area contributed by atoms with Gasteiger partial charge in [0.2, 0.25) is 0 Å². The third-order valence-electron chi connectivity index (χ3n) is 2.59. The van der Waals surface area contributed by atoms with Gasteiger partial charge >= 0.3 is 4.87 Å². The third-order valence-corrected chi connectivity index (χ3v) is 4.30. The van der Waals surface area contributed by atoms with Crippen LogP contribution >= 0.6 is 22.7 Å². The number of hydrogen-bond acceptors (Lipinski definition) is 4. The summed E-state index contributed by atoms with van der Waals surface area (Å²) in [6.07, 6.45) is 0. The summed E-state index contributed by atoms with van der Waals surface area (Å²) in [7, 11) is 0. The van der Waals surface area contributed by atoms with E-state index in [2.05, 4.69) is 31.1 Å². The van der Waals surface area contributed by atoms with Crippen molar-refractivity contribution in [1.82, 2.24) is 9.55 Å². The van der Waals surface area contributed by atoms with Crippen LogP contribution in [-0.2, 0) is 12.0 Å². The van der Waals surface area contributed by atoms with Crippen molar-refractivity contribution in [3.05, 3.63) is 36.8 Å². The fourth-order valence-corrected chi connectivity index (χ4v) is 3.20. The zero-order chi connectivity index (χ0) is 12.6. The molecule has 0 amide bonds. The van der Waals surface area contributed by atoms with E-state index in [9.17, 15) is 4.79 Å². The molecule has 17 heavy (non-hydrogen) atoms. The Hall–Kier alpha value is -0.940. The molecule has 0 aliphatic heterocycles. The first-order valence-corrected chi connectivity index (χ1v) is 7.23. The summed E-state index contributed by atoms with van der Waals surface area (Å²) < 4.78 is 1.77. The number of aromatic nitrogens is 2. The van der Waals surface area contributed by atoms with E-state index in [1.54, 1.807) is 15.9 Å². The van der Waals surface area contributed by atoms with E-state index in [0.29, 0.717) is 6.54 Å². The Kier molecular flexibility index (Phi) is 3.23. The van der Waals surface area contributed by atoms with Gasteiger partial charge in [-0.05, 0) is 6.92 Å². The second-order valence-corrected chi connectivity index (χ2v) is 6.87. The molecule has 0 spiro atoms. The molecule has 0 aliphatic carbocycles. The number of thiazole rings is 2. The summed E-state index contributed by atoms with van der Waals surface area (Å²) in [5, 5.41) is 4.97. The van der Waals surface area contributed by atoms with Crippen molar-refractivity contribution in [2.75, 3.05) is 0 Å². The predicted octanol–water partition coefficient (Wildman–Crippen LogP) is 3.02. The standard InChI is InChI=1S/C12H16N2OS2/c1-8-6-17-11(15)14(8)5-10-13-9(7-16-10)12(2,3)4/h6-7H,5H2,1-4H3. The molecule has 0 N–H and O–H groups in total. The molecule has 2 aromatic rings. The topological polar surface area (TPSA) is 34.9 Å². The van der Waals surface area contributed by atoms with E-state index in [1.807, 2.05) is 12.3 Å². The molecule has 2 heterocycles. The van der Waals surface area contributed by atoms with Crippen LogP contribution in [0, 0.1) is 6.92 Å². The average molecular weight is 268 g/mol. The highest BCUT2D eigenvalue weighted by molar-refractivity contribution is 7.09. The fraction of sp³-hybridized carbons (Fsp3) is 0.500. The Morgan fingerprint density at radius 3 is 2.47 bits per heavy atom. The van der Waals surface area contributed by atoms with E-state index < -0.39 is 0 Å². The lowest BCUT2D eigenvalue weighted by molar-refractivity contribution is 0.569. The molecule has 0 bridgehead atoms. The first-order chi connectivity index (χ1) is 7.88.